The van der Waals surface area contributed by atoms with Crippen LogP contribution in [0.5, 0.6) is 11.5 Å². The Labute approximate surface area is 126 Å². The number of rotatable bonds is 4. The molecule has 0 unspecified atom stereocenters. The predicted molar refractivity (Wildman–Crippen MR) is 78.9 cm³/mol. The third-order valence-corrected chi connectivity index (χ3v) is 3.34. The van der Waals surface area contributed by atoms with Gasteiger partial charge in [-0.15, -0.1) is 11.6 Å². The van der Waals surface area contributed by atoms with E-state index >= 15 is 0 Å². The van der Waals surface area contributed by atoms with Crippen LogP contribution in [0.2, 0.25) is 5.02 Å². The number of alkyl halides is 1. The lowest BCUT2D eigenvalue weighted by atomic mass is 10.2. The average molecular weight is 312 g/mol. The van der Waals surface area contributed by atoms with Gasteiger partial charge in [0.25, 0.3) is 5.69 Å². The number of nitrogens with zero attached hydrogens (tertiary/aromatic N) is 1. The second kappa shape index (κ2) is 6.11. The van der Waals surface area contributed by atoms with Gasteiger partial charge in [0.05, 0.1) is 9.95 Å². The van der Waals surface area contributed by atoms with Crippen LogP contribution in [-0.4, -0.2) is 4.92 Å². The Morgan fingerprint density at radius 3 is 2.45 bits per heavy atom. The van der Waals surface area contributed by atoms with Crippen LogP contribution in [0.25, 0.3) is 0 Å². The molecule has 0 amide bonds. The highest BCUT2D eigenvalue weighted by atomic mass is 35.5. The van der Waals surface area contributed by atoms with Crippen molar-refractivity contribution in [3.63, 3.8) is 0 Å². The largest absolute Gasteiger partial charge is 0.456 e. The maximum atomic E-state index is 10.7. The Kier molecular flexibility index (Phi) is 4.47. The van der Waals surface area contributed by atoms with Crippen LogP contribution in [-0.2, 0) is 5.88 Å². The maximum Gasteiger partial charge on any atom is 0.269 e. The Morgan fingerprint density at radius 2 is 1.90 bits per heavy atom. The van der Waals surface area contributed by atoms with Gasteiger partial charge in [-0.25, -0.2) is 0 Å². The Hall–Kier alpha value is -1.78. The van der Waals surface area contributed by atoms with Gasteiger partial charge in [-0.3, -0.25) is 10.1 Å². The molecule has 0 saturated heterocycles. The van der Waals surface area contributed by atoms with E-state index in [-0.39, 0.29) is 5.69 Å². The third kappa shape index (κ3) is 3.21. The van der Waals surface area contributed by atoms with E-state index in [9.17, 15) is 10.1 Å². The molecule has 0 heterocycles. The number of benzene rings is 2. The van der Waals surface area contributed by atoms with Crippen LogP contribution in [0.1, 0.15) is 11.1 Å². The molecule has 0 aliphatic carbocycles. The highest BCUT2D eigenvalue weighted by molar-refractivity contribution is 6.32. The normalized spacial score (nSPS) is 10.3. The van der Waals surface area contributed by atoms with Crippen LogP contribution in [0.3, 0.4) is 0 Å². The average Bonchev–Trinajstić information content (AvgIpc) is 2.42. The molecule has 0 atom stereocenters. The van der Waals surface area contributed by atoms with Crippen LogP contribution in [0.4, 0.5) is 5.69 Å². The zero-order valence-electron chi connectivity index (χ0n) is 10.6. The molecule has 0 saturated carbocycles. The van der Waals surface area contributed by atoms with Gasteiger partial charge >= 0.3 is 0 Å². The Bertz CT molecular complexity index is 659. The number of ether oxygens (including phenoxy) is 1. The number of non-ortho nitro benzene ring substituents is 1. The molecule has 0 aliphatic heterocycles. The number of nitro groups is 1. The van der Waals surface area contributed by atoms with Crippen molar-refractivity contribution in [2.45, 2.75) is 12.8 Å². The van der Waals surface area contributed by atoms with Gasteiger partial charge in [0, 0.05) is 18.0 Å². The van der Waals surface area contributed by atoms with Crippen LogP contribution in [0, 0.1) is 17.0 Å². The maximum absolute atomic E-state index is 10.7. The fourth-order valence-corrected chi connectivity index (χ4v) is 2.10. The molecule has 0 aliphatic rings. The molecule has 0 bridgehead atoms. The van der Waals surface area contributed by atoms with Crippen LogP contribution < -0.4 is 4.74 Å². The van der Waals surface area contributed by atoms with E-state index in [0.29, 0.717) is 28.0 Å². The van der Waals surface area contributed by atoms with E-state index in [1.54, 1.807) is 25.1 Å². The first-order chi connectivity index (χ1) is 9.51. The summed E-state index contributed by atoms with van der Waals surface area (Å²) in [7, 11) is 0. The lowest BCUT2D eigenvalue weighted by Gasteiger charge is -2.10. The van der Waals surface area contributed by atoms with Gasteiger partial charge in [0.1, 0.15) is 11.5 Å². The fraction of sp³-hybridized carbons (Fsp3) is 0.143. The fourth-order valence-electron chi connectivity index (χ4n) is 1.69. The van der Waals surface area contributed by atoms with Crippen LogP contribution >= 0.6 is 23.2 Å². The predicted octanol–water partition coefficient (Wildman–Crippen LogP) is 5.09. The second-order valence-corrected chi connectivity index (χ2v) is 4.88. The van der Waals surface area contributed by atoms with Gasteiger partial charge in [-0.2, -0.15) is 0 Å². The quantitative estimate of drug-likeness (QED) is 0.449. The van der Waals surface area contributed by atoms with Crippen molar-refractivity contribution >= 4 is 28.9 Å². The first-order valence-electron chi connectivity index (χ1n) is 5.78. The van der Waals surface area contributed by atoms with E-state index < -0.39 is 4.92 Å². The molecule has 20 heavy (non-hydrogen) atoms. The van der Waals surface area contributed by atoms with Gasteiger partial charge < -0.3 is 4.74 Å². The minimum atomic E-state index is -0.445. The lowest BCUT2D eigenvalue weighted by molar-refractivity contribution is -0.384. The van der Waals surface area contributed by atoms with Gasteiger partial charge in [0.2, 0.25) is 0 Å². The molecule has 2 aromatic rings. The highest BCUT2D eigenvalue weighted by Crippen LogP contribution is 2.33. The number of nitro benzene ring substituents is 1. The van der Waals surface area contributed by atoms with E-state index in [1.165, 1.54) is 12.1 Å². The van der Waals surface area contributed by atoms with Gasteiger partial charge in [-0.05, 0) is 36.2 Å². The first-order valence-corrected chi connectivity index (χ1v) is 6.70. The zero-order chi connectivity index (χ0) is 14.7. The smallest absolute Gasteiger partial charge is 0.269 e. The molecule has 0 radical (unpaired) electrons. The highest BCUT2D eigenvalue weighted by Gasteiger charge is 2.11. The monoisotopic (exact) mass is 311 g/mol. The summed E-state index contributed by atoms with van der Waals surface area (Å²) < 4.78 is 5.68. The number of aryl methyl sites for hydroxylation is 1. The molecule has 0 aromatic heterocycles. The Morgan fingerprint density at radius 1 is 1.20 bits per heavy atom. The van der Waals surface area contributed by atoms with Crippen molar-refractivity contribution in [2.75, 3.05) is 0 Å². The molecule has 0 fully saturated rings. The topological polar surface area (TPSA) is 52.4 Å². The van der Waals surface area contributed by atoms with E-state index in [4.69, 9.17) is 27.9 Å². The molecule has 104 valence electrons. The molecular weight excluding hydrogens is 301 g/mol. The van der Waals surface area contributed by atoms with E-state index in [1.807, 2.05) is 6.07 Å². The van der Waals surface area contributed by atoms with Crippen molar-refractivity contribution < 1.29 is 9.66 Å². The third-order valence-electron chi connectivity index (χ3n) is 2.74. The minimum Gasteiger partial charge on any atom is -0.456 e. The minimum absolute atomic E-state index is 0.0263. The Balaban J connectivity index is 2.28. The van der Waals surface area contributed by atoms with Crippen molar-refractivity contribution in [2.24, 2.45) is 0 Å². The summed E-state index contributed by atoms with van der Waals surface area (Å²) >= 11 is 11.8. The van der Waals surface area contributed by atoms with Crippen LogP contribution in [0.15, 0.2) is 36.4 Å². The van der Waals surface area contributed by atoms with Crippen molar-refractivity contribution in [1.29, 1.82) is 0 Å². The summed E-state index contributed by atoms with van der Waals surface area (Å²) in [6.45, 7) is 1.74. The van der Waals surface area contributed by atoms with Gasteiger partial charge in [-0.1, -0.05) is 17.7 Å². The SMILES string of the molecule is Cc1cc([N+](=O)[O-])ccc1Oc1ccc(CCl)cc1Cl. The van der Waals surface area contributed by atoms with Crippen molar-refractivity contribution in [3.8, 4) is 11.5 Å². The van der Waals surface area contributed by atoms with Gasteiger partial charge in [0.15, 0.2) is 0 Å². The molecule has 2 rings (SSSR count). The molecular formula is C14H11Cl2NO3. The number of halogens is 2. The van der Waals surface area contributed by atoms with Crippen molar-refractivity contribution in [3.05, 3.63) is 62.7 Å². The molecule has 0 N–H and O–H groups in total. The molecule has 6 heteroatoms. The van der Waals surface area contributed by atoms with Crippen molar-refractivity contribution in [1.82, 2.24) is 0 Å². The van der Waals surface area contributed by atoms with E-state index in [2.05, 4.69) is 0 Å². The molecule has 2 aromatic carbocycles. The second-order valence-electron chi connectivity index (χ2n) is 4.21. The molecule has 4 nitrogen and oxygen atoms in total. The van der Waals surface area contributed by atoms with E-state index in [0.717, 1.165) is 5.56 Å². The summed E-state index contributed by atoms with van der Waals surface area (Å²) in [5.41, 5.74) is 1.58. The summed E-state index contributed by atoms with van der Waals surface area (Å²) in [5.74, 6) is 1.38. The standard InChI is InChI=1S/C14H11Cl2NO3/c1-9-6-11(17(18)19)3-5-13(9)20-14-4-2-10(8-15)7-12(14)16/h2-7H,8H2,1H3. The summed E-state index contributed by atoms with van der Waals surface area (Å²) in [6, 6.07) is 9.67. The lowest BCUT2D eigenvalue weighted by Crippen LogP contribution is -1.92. The summed E-state index contributed by atoms with van der Waals surface area (Å²) in [4.78, 5) is 10.2. The first kappa shape index (κ1) is 14.6. The number of hydrogen-bond acceptors (Lipinski definition) is 3. The summed E-state index contributed by atoms with van der Waals surface area (Å²) in [6.07, 6.45) is 0. The molecule has 0 spiro atoms. The summed E-state index contributed by atoms with van der Waals surface area (Å²) in [5, 5.41) is 11.1. The number of hydrogen-bond donors (Lipinski definition) is 0. The zero-order valence-corrected chi connectivity index (χ0v) is 12.1.